The smallest absolute Gasteiger partial charge is 0.0587 e. The summed E-state index contributed by atoms with van der Waals surface area (Å²) < 4.78 is 1.09. The van der Waals surface area contributed by atoms with E-state index in [1.807, 2.05) is 24.4 Å². The Bertz CT molecular complexity index is 433. The Hall–Kier alpha value is -0.730. The Balaban J connectivity index is 2.97. The maximum absolute atomic E-state index is 6.09. The van der Waals surface area contributed by atoms with E-state index < -0.39 is 0 Å². The van der Waals surface area contributed by atoms with Crippen LogP contribution in [-0.2, 0) is 0 Å². The van der Waals surface area contributed by atoms with Crippen LogP contribution < -0.4 is 5.73 Å². The maximum atomic E-state index is 6.09. The molecule has 2 rings (SSSR count). The van der Waals surface area contributed by atoms with Gasteiger partial charge in [-0.2, -0.15) is 0 Å². The van der Waals surface area contributed by atoms with Gasteiger partial charge < -0.3 is 5.73 Å². The van der Waals surface area contributed by atoms with E-state index in [2.05, 4.69) is 0 Å². The van der Waals surface area contributed by atoms with E-state index in [1.54, 1.807) is 11.3 Å². The number of nitrogen functional groups attached to an aromatic ring is 1. The average molecular weight is 198 g/mol. The fourth-order valence-electron chi connectivity index (χ4n) is 1.28. The molecule has 2 N–H and O–H groups in total. The molecule has 0 unspecified atom stereocenters. The second-order valence-electron chi connectivity index (χ2n) is 2.76. The minimum atomic E-state index is 0.820. The Morgan fingerprint density at radius 3 is 3.00 bits per heavy atom. The van der Waals surface area contributed by atoms with Crippen LogP contribution >= 0.6 is 22.9 Å². The number of halogens is 1. The van der Waals surface area contributed by atoms with Crippen molar-refractivity contribution in [1.82, 2.24) is 0 Å². The summed E-state index contributed by atoms with van der Waals surface area (Å²) in [6.07, 6.45) is 0. The van der Waals surface area contributed by atoms with Gasteiger partial charge in [0.25, 0.3) is 0 Å². The summed E-state index contributed by atoms with van der Waals surface area (Å²) in [5.74, 6) is 0. The number of aryl methyl sites for hydroxylation is 1. The van der Waals surface area contributed by atoms with Gasteiger partial charge in [-0.1, -0.05) is 11.6 Å². The Morgan fingerprint density at radius 1 is 1.50 bits per heavy atom. The van der Waals surface area contributed by atoms with E-state index >= 15 is 0 Å². The lowest BCUT2D eigenvalue weighted by Crippen LogP contribution is -1.86. The molecule has 0 saturated heterocycles. The van der Waals surface area contributed by atoms with Crippen molar-refractivity contribution >= 4 is 38.7 Å². The van der Waals surface area contributed by atoms with Crippen LogP contribution in [0.4, 0.5) is 5.69 Å². The number of nitrogens with two attached hydrogens (primary N) is 1. The molecular formula is C9H8ClNS. The van der Waals surface area contributed by atoms with Crippen molar-refractivity contribution in [3.63, 3.8) is 0 Å². The normalized spacial score (nSPS) is 10.8. The van der Waals surface area contributed by atoms with Gasteiger partial charge in [-0.25, -0.2) is 0 Å². The van der Waals surface area contributed by atoms with E-state index in [4.69, 9.17) is 17.3 Å². The molecule has 62 valence electrons. The lowest BCUT2D eigenvalue weighted by Gasteiger charge is -2.01. The molecule has 12 heavy (non-hydrogen) atoms. The molecule has 0 amide bonds. The molecule has 1 aromatic heterocycles. The molecular weight excluding hydrogens is 190 g/mol. The fourth-order valence-corrected chi connectivity index (χ4v) is 2.38. The van der Waals surface area contributed by atoms with Crippen LogP contribution in [0, 0.1) is 6.92 Å². The molecule has 2 aromatic rings. The number of thiophene rings is 1. The largest absolute Gasteiger partial charge is 0.398 e. The molecule has 1 nitrogen and oxygen atoms in total. The van der Waals surface area contributed by atoms with Gasteiger partial charge >= 0.3 is 0 Å². The van der Waals surface area contributed by atoms with Crippen molar-refractivity contribution in [3.8, 4) is 0 Å². The summed E-state index contributed by atoms with van der Waals surface area (Å²) in [5.41, 5.74) is 7.69. The van der Waals surface area contributed by atoms with Crippen molar-refractivity contribution in [3.05, 3.63) is 28.1 Å². The van der Waals surface area contributed by atoms with E-state index in [9.17, 15) is 0 Å². The maximum Gasteiger partial charge on any atom is 0.0587 e. The standard InChI is InChI=1S/C9H8ClNS/c1-5-4-7(11)9-6(8(5)10)2-3-12-9/h2-4H,11H2,1H3. The zero-order chi connectivity index (χ0) is 8.72. The SMILES string of the molecule is Cc1cc(N)c2sccc2c1Cl. The average Bonchev–Trinajstić information content (AvgIpc) is 2.48. The van der Waals surface area contributed by atoms with Crippen LogP contribution in [0.25, 0.3) is 10.1 Å². The summed E-state index contributed by atoms with van der Waals surface area (Å²) in [7, 11) is 0. The summed E-state index contributed by atoms with van der Waals surface area (Å²) >= 11 is 7.72. The molecule has 0 aliphatic carbocycles. The van der Waals surface area contributed by atoms with E-state index in [1.165, 1.54) is 0 Å². The minimum Gasteiger partial charge on any atom is -0.398 e. The van der Waals surface area contributed by atoms with Gasteiger partial charge in [0, 0.05) is 11.1 Å². The molecule has 0 bridgehead atoms. The molecule has 0 fully saturated rings. The molecule has 0 radical (unpaired) electrons. The second kappa shape index (κ2) is 2.64. The first-order chi connectivity index (χ1) is 5.70. The third-order valence-corrected chi connectivity index (χ3v) is 3.35. The highest BCUT2D eigenvalue weighted by molar-refractivity contribution is 7.18. The molecule has 0 aliphatic heterocycles. The number of benzene rings is 1. The van der Waals surface area contributed by atoms with Gasteiger partial charge in [-0.3, -0.25) is 0 Å². The summed E-state index contributed by atoms with van der Waals surface area (Å²) in [4.78, 5) is 0. The predicted molar refractivity (Wildman–Crippen MR) is 56.0 cm³/mol. The van der Waals surface area contributed by atoms with Crippen molar-refractivity contribution < 1.29 is 0 Å². The fraction of sp³-hybridized carbons (Fsp3) is 0.111. The number of fused-ring (bicyclic) bond motifs is 1. The molecule has 0 saturated carbocycles. The molecule has 3 heteroatoms. The quantitative estimate of drug-likeness (QED) is 0.644. The highest BCUT2D eigenvalue weighted by Crippen LogP contribution is 2.34. The summed E-state index contributed by atoms with van der Waals surface area (Å²) in [6.45, 7) is 1.97. The number of hydrogen-bond acceptors (Lipinski definition) is 2. The highest BCUT2D eigenvalue weighted by Gasteiger charge is 2.06. The van der Waals surface area contributed by atoms with Gasteiger partial charge in [-0.05, 0) is 30.0 Å². The third kappa shape index (κ3) is 0.993. The molecule has 1 aromatic carbocycles. The first-order valence-electron chi connectivity index (χ1n) is 3.62. The van der Waals surface area contributed by atoms with Crippen LogP contribution in [0.3, 0.4) is 0 Å². The van der Waals surface area contributed by atoms with Crippen molar-refractivity contribution in [2.45, 2.75) is 6.92 Å². The van der Waals surface area contributed by atoms with Gasteiger partial charge in [0.1, 0.15) is 0 Å². The molecule has 0 aliphatic rings. The van der Waals surface area contributed by atoms with E-state index in [-0.39, 0.29) is 0 Å². The zero-order valence-electron chi connectivity index (χ0n) is 6.60. The van der Waals surface area contributed by atoms with Crippen LogP contribution in [0.2, 0.25) is 5.02 Å². The van der Waals surface area contributed by atoms with Crippen molar-refractivity contribution in [1.29, 1.82) is 0 Å². The predicted octanol–water partition coefficient (Wildman–Crippen LogP) is 3.45. The van der Waals surface area contributed by atoms with Gasteiger partial charge in [0.15, 0.2) is 0 Å². The Kier molecular flexibility index (Phi) is 1.74. The number of rotatable bonds is 0. The molecule has 1 heterocycles. The van der Waals surface area contributed by atoms with Crippen LogP contribution in [0.15, 0.2) is 17.5 Å². The topological polar surface area (TPSA) is 26.0 Å². The third-order valence-electron chi connectivity index (χ3n) is 1.88. The van der Waals surface area contributed by atoms with Crippen molar-refractivity contribution in [2.24, 2.45) is 0 Å². The van der Waals surface area contributed by atoms with E-state index in [0.29, 0.717) is 0 Å². The van der Waals surface area contributed by atoms with Gasteiger partial charge in [-0.15, -0.1) is 11.3 Å². The van der Waals surface area contributed by atoms with Gasteiger partial charge in [0.05, 0.1) is 9.72 Å². The summed E-state index contributed by atoms with van der Waals surface area (Å²) in [6, 6.07) is 3.92. The Labute approximate surface area is 79.8 Å². The van der Waals surface area contributed by atoms with Crippen LogP contribution in [0.1, 0.15) is 5.56 Å². The molecule has 0 atom stereocenters. The first-order valence-corrected chi connectivity index (χ1v) is 4.87. The highest BCUT2D eigenvalue weighted by atomic mass is 35.5. The van der Waals surface area contributed by atoms with Crippen LogP contribution in [-0.4, -0.2) is 0 Å². The van der Waals surface area contributed by atoms with E-state index in [0.717, 1.165) is 26.4 Å². The van der Waals surface area contributed by atoms with Crippen LogP contribution in [0.5, 0.6) is 0 Å². The lowest BCUT2D eigenvalue weighted by atomic mass is 10.1. The Morgan fingerprint density at radius 2 is 2.25 bits per heavy atom. The second-order valence-corrected chi connectivity index (χ2v) is 4.05. The minimum absolute atomic E-state index is 0.820. The monoisotopic (exact) mass is 197 g/mol. The molecule has 0 spiro atoms. The first kappa shape index (κ1) is 7.90. The van der Waals surface area contributed by atoms with Crippen molar-refractivity contribution in [2.75, 3.05) is 5.73 Å². The summed E-state index contributed by atoms with van der Waals surface area (Å²) in [5, 5.41) is 3.89. The lowest BCUT2D eigenvalue weighted by molar-refractivity contribution is 1.51. The number of hydrogen-bond donors (Lipinski definition) is 1. The number of anilines is 1. The van der Waals surface area contributed by atoms with Gasteiger partial charge in [0.2, 0.25) is 0 Å². The zero-order valence-corrected chi connectivity index (χ0v) is 8.17.